The second-order valence-electron chi connectivity index (χ2n) is 7.62. The molecular weight excluding hydrogens is 321 g/mol. The van der Waals surface area contributed by atoms with Crippen LogP contribution in [-0.4, -0.2) is 47.9 Å². The maximum Gasteiger partial charge on any atom is 0.410 e. The Balaban J connectivity index is 2.20. The van der Waals surface area contributed by atoms with Crippen LogP contribution in [0.2, 0.25) is 0 Å². The first-order chi connectivity index (χ1) is 11.0. The first-order valence-corrected chi connectivity index (χ1v) is 8.78. The second kappa shape index (κ2) is 8.92. The summed E-state index contributed by atoms with van der Waals surface area (Å²) in [5.41, 5.74) is -0.504. The Kier molecular flexibility index (Phi) is 7.83. The zero-order valence-corrected chi connectivity index (χ0v) is 15.2. The molecule has 1 saturated carbocycles. The molecule has 1 N–H and O–H groups in total. The van der Waals surface area contributed by atoms with E-state index in [0.717, 1.165) is 19.3 Å². The maximum atomic E-state index is 12.2. The number of amides is 1. The van der Waals surface area contributed by atoms with Crippen LogP contribution in [-0.2, 0) is 4.74 Å². The molecule has 1 aliphatic carbocycles. The van der Waals surface area contributed by atoms with E-state index < -0.39 is 18.2 Å². The van der Waals surface area contributed by atoms with Crippen LogP contribution < -0.4 is 5.32 Å². The van der Waals surface area contributed by atoms with Crippen molar-refractivity contribution >= 4 is 6.09 Å². The van der Waals surface area contributed by atoms with Crippen molar-refractivity contribution in [1.29, 1.82) is 0 Å². The topological polar surface area (TPSA) is 41.6 Å². The van der Waals surface area contributed by atoms with Crippen LogP contribution in [0.4, 0.5) is 18.0 Å². The minimum absolute atomic E-state index is 0.0447. The van der Waals surface area contributed by atoms with Gasteiger partial charge in [0, 0.05) is 25.0 Å². The molecule has 0 aromatic carbocycles. The number of ether oxygens (including phenoxy) is 1. The number of alkyl halides is 3. The van der Waals surface area contributed by atoms with Crippen molar-refractivity contribution < 1.29 is 22.7 Å². The smallest absolute Gasteiger partial charge is 0.410 e. The Morgan fingerprint density at radius 1 is 1.25 bits per heavy atom. The first-order valence-electron chi connectivity index (χ1n) is 8.78. The molecule has 1 amide bonds. The van der Waals surface area contributed by atoms with Crippen molar-refractivity contribution in [3.05, 3.63) is 0 Å². The lowest BCUT2D eigenvalue weighted by Crippen LogP contribution is -2.40. The Bertz CT molecular complexity index is 390. The molecule has 0 heterocycles. The van der Waals surface area contributed by atoms with E-state index in [2.05, 4.69) is 5.32 Å². The van der Waals surface area contributed by atoms with Gasteiger partial charge in [0.25, 0.3) is 0 Å². The molecule has 1 aliphatic rings. The lowest BCUT2D eigenvalue weighted by Gasteiger charge is -2.27. The van der Waals surface area contributed by atoms with E-state index in [-0.39, 0.29) is 24.6 Å². The summed E-state index contributed by atoms with van der Waals surface area (Å²) in [6.07, 6.45) is -1.64. The summed E-state index contributed by atoms with van der Waals surface area (Å²) in [5.74, 6) is 0. The van der Waals surface area contributed by atoms with E-state index in [0.29, 0.717) is 19.5 Å². The summed E-state index contributed by atoms with van der Waals surface area (Å²) in [6, 6.07) is 0.326. The molecule has 0 aromatic rings. The van der Waals surface area contributed by atoms with Crippen molar-refractivity contribution in [2.75, 3.05) is 13.1 Å². The Morgan fingerprint density at radius 3 is 2.38 bits per heavy atom. The zero-order valence-electron chi connectivity index (χ0n) is 15.2. The van der Waals surface area contributed by atoms with Crippen molar-refractivity contribution in [2.45, 2.75) is 90.1 Å². The fourth-order valence-electron chi connectivity index (χ4n) is 2.44. The lowest BCUT2D eigenvalue weighted by molar-refractivity contribution is -0.135. The molecule has 24 heavy (non-hydrogen) atoms. The van der Waals surface area contributed by atoms with Crippen LogP contribution in [0.3, 0.4) is 0 Å². The number of nitrogens with one attached hydrogen (secondary N) is 1. The number of nitrogens with zero attached hydrogens (tertiary/aromatic N) is 1. The standard InChI is InChI=1S/C17H31F3N2O2/c1-13(7-5-10-17(18,19)20)21-11-6-12-22(14-8-9-14)15(23)24-16(2,3)4/h13-14,21H,5-12H2,1-4H3. The molecule has 0 aliphatic heterocycles. The van der Waals surface area contributed by atoms with Crippen molar-refractivity contribution in [3.63, 3.8) is 0 Å². The third kappa shape index (κ3) is 10.0. The van der Waals surface area contributed by atoms with Gasteiger partial charge >= 0.3 is 12.3 Å². The van der Waals surface area contributed by atoms with Crippen molar-refractivity contribution in [3.8, 4) is 0 Å². The summed E-state index contributed by atoms with van der Waals surface area (Å²) in [7, 11) is 0. The van der Waals surface area contributed by atoms with Gasteiger partial charge < -0.3 is 15.0 Å². The molecule has 0 radical (unpaired) electrons. The zero-order chi connectivity index (χ0) is 18.4. The van der Waals surface area contributed by atoms with Crippen molar-refractivity contribution in [2.24, 2.45) is 0 Å². The van der Waals surface area contributed by atoms with Gasteiger partial charge in [-0.05, 0) is 66.3 Å². The molecule has 1 fully saturated rings. The molecule has 1 rings (SSSR count). The highest BCUT2D eigenvalue weighted by atomic mass is 19.4. The number of halogens is 3. The van der Waals surface area contributed by atoms with E-state index in [1.54, 1.807) is 4.90 Å². The molecule has 0 bridgehead atoms. The molecule has 0 aromatic heterocycles. The predicted molar refractivity (Wildman–Crippen MR) is 87.9 cm³/mol. The van der Waals surface area contributed by atoms with Crippen LogP contribution in [0.5, 0.6) is 0 Å². The van der Waals surface area contributed by atoms with Crippen LogP contribution in [0.15, 0.2) is 0 Å². The molecule has 0 saturated heterocycles. The van der Waals surface area contributed by atoms with Gasteiger partial charge in [0.1, 0.15) is 5.60 Å². The summed E-state index contributed by atoms with van der Waals surface area (Å²) in [4.78, 5) is 14.0. The highest BCUT2D eigenvalue weighted by Crippen LogP contribution is 2.28. The highest BCUT2D eigenvalue weighted by molar-refractivity contribution is 5.69. The fraction of sp³-hybridized carbons (Fsp3) is 0.941. The van der Waals surface area contributed by atoms with Gasteiger partial charge in [0.2, 0.25) is 0 Å². The third-order valence-electron chi connectivity index (χ3n) is 3.78. The van der Waals surface area contributed by atoms with Gasteiger partial charge in [-0.2, -0.15) is 13.2 Å². The van der Waals surface area contributed by atoms with Gasteiger partial charge in [0.05, 0.1) is 0 Å². The van der Waals surface area contributed by atoms with E-state index in [1.165, 1.54) is 0 Å². The quantitative estimate of drug-likeness (QED) is 0.622. The Morgan fingerprint density at radius 2 is 1.88 bits per heavy atom. The first kappa shape index (κ1) is 21.1. The summed E-state index contributed by atoms with van der Waals surface area (Å²) in [5, 5.41) is 3.22. The third-order valence-corrected chi connectivity index (χ3v) is 3.78. The van der Waals surface area contributed by atoms with Crippen molar-refractivity contribution in [1.82, 2.24) is 10.2 Å². The predicted octanol–water partition coefficient (Wildman–Crippen LogP) is 4.49. The van der Waals surface area contributed by atoms with Crippen LogP contribution in [0.25, 0.3) is 0 Å². The molecule has 1 unspecified atom stereocenters. The number of hydrogen-bond donors (Lipinski definition) is 1. The van der Waals surface area contributed by atoms with Crippen LogP contribution in [0, 0.1) is 0 Å². The molecule has 142 valence electrons. The second-order valence-corrected chi connectivity index (χ2v) is 7.62. The Labute approximate surface area is 143 Å². The molecule has 4 nitrogen and oxygen atoms in total. The largest absolute Gasteiger partial charge is 0.444 e. The number of rotatable bonds is 9. The van der Waals surface area contributed by atoms with Gasteiger partial charge in [-0.3, -0.25) is 0 Å². The average molecular weight is 352 g/mol. The van der Waals surface area contributed by atoms with E-state index in [1.807, 2.05) is 27.7 Å². The van der Waals surface area contributed by atoms with Crippen LogP contribution in [0.1, 0.15) is 66.2 Å². The van der Waals surface area contributed by atoms with Gasteiger partial charge in [-0.1, -0.05) is 0 Å². The van der Waals surface area contributed by atoms with E-state index in [9.17, 15) is 18.0 Å². The highest BCUT2D eigenvalue weighted by Gasteiger charge is 2.34. The number of hydrogen-bond acceptors (Lipinski definition) is 3. The molecular formula is C17H31F3N2O2. The lowest BCUT2D eigenvalue weighted by atomic mass is 10.1. The summed E-state index contributed by atoms with van der Waals surface area (Å²) < 4.78 is 41.7. The molecule has 7 heteroatoms. The van der Waals surface area contributed by atoms with Crippen LogP contribution >= 0.6 is 0 Å². The maximum absolute atomic E-state index is 12.2. The van der Waals surface area contributed by atoms with E-state index >= 15 is 0 Å². The van der Waals surface area contributed by atoms with E-state index in [4.69, 9.17) is 4.74 Å². The fourth-order valence-corrected chi connectivity index (χ4v) is 2.44. The Hall–Kier alpha value is -0.980. The minimum atomic E-state index is -4.07. The summed E-state index contributed by atoms with van der Waals surface area (Å²) in [6.45, 7) is 8.73. The van der Waals surface area contributed by atoms with Gasteiger partial charge in [-0.15, -0.1) is 0 Å². The molecule has 0 spiro atoms. The molecule has 1 atom stereocenters. The van der Waals surface area contributed by atoms with Gasteiger partial charge in [-0.25, -0.2) is 4.79 Å². The minimum Gasteiger partial charge on any atom is -0.444 e. The summed E-state index contributed by atoms with van der Waals surface area (Å²) >= 11 is 0. The normalized spacial score (nSPS) is 16.8. The average Bonchev–Trinajstić information content (AvgIpc) is 3.19. The SMILES string of the molecule is CC(CCCC(F)(F)F)NCCCN(C(=O)OC(C)(C)C)C1CC1. The number of carbonyl (C=O) groups excluding carboxylic acids is 1. The van der Waals surface area contributed by atoms with Gasteiger partial charge in [0.15, 0.2) is 0 Å². The monoisotopic (exact) mass is 352 g/mol. The number of carbonyl (C=O) groups is 1.